The molecule has 0 spiro atoms. The summed E-state index contributed by atoms with van der Waals surface area (Å²) in [6.45, 7) is 8.10. The van der Waals surface area contributed by atoms with E-state index < -0.39 is 0 Å². The SMILES string of the molecule is C[C@@H]1C[C@H](C)CN(Cc2ccc(CNC(=O)CN3C(=O)[C@H]4CC=CC[C@H]4C3=O)cc2)C1. The van der Waals surface area contributed by atoms with Crippen molar-refractivity contribution in [3.05, 3.63) is 47.5 Å². The van der Waals surface area contributed by atoms with Crippen LogP contribution < -0.4 is 5.32 Å². The number of rotatable bonds is 6. The highest BCUT2D eigenvalue weighted by molar-refractivity contribution is 6.07. The van der Waals surface area contributed by atoms with Gasteiger partial charge in [0.05, 0.1) is 11.8 Å². The first-order valence-electron chi connectivity index (χ1n) is 11.5. The fraction of sp³-hybridized carbons (Fsp3) is 0.560. The summed E-state index contributed by atoms with van der Waals surface area (Å²) in [5, 5.41) is 2.85. The van der Waals surface area contributed by atoms with Crippen molar-refractivity contribution in [1.82, 2.24) is 15.1 Å². The van der Waals surface area contributed by atoms with Crippen molar-refractivity contribution >= 4 is 17.7 Å². The molecule has 1 aromatic rings. The number of fused-ring (bicyclic) bond motifs is 1. The highest BCUT2D eigenvalue weighted by Gasteiger charge is 2.47. The van der Waals surface area contributed by atoms with Crippen LogP contribution in [0, 0.1) is 23.7 Å². The van der Waals surface area contributed by atoms with Crippen LogP contribution in [0.1, 0.15) is 44.2 Å². The minimum atomic E-state index is -0.298. The number of hydrogen-bond acceptors (Lipinski definition) is 4. The third kappa shape index (κ3) is 5.06. The summed E-state index contributed by atoms with van der Waals surface area (Å²) in [6, 6.07) is 8.32. The van der Waals surface area contributed by atoms with Crippen LogP contribution in [-0.2, 0) is 27.5 Å². The minimum Gasteiger partial charge on any atom is -0.350 e. The van der Waals surface area contributed by atoms with Gasteiger partial charge in [0.25, 0.3) is 0 Å². The molecule has 1 aromatic carbocycles. The summed E-state index contributed by atoms with van der Waals surface area (Å²) in [5.74, 6) is 0.196. The van der Waals surface area contributed by atoms with Crippen molar-refractivity contribution < 1.29 is 14.4 Å². The summed E-state index contributed by atoms with van der Waals surface area (Å²) in [7, 11) is 0. The molecule has 3 amide bonds. The smallest absolute Gasteiger partial charge is 0.240 e. The molecule has 4 rings (SSSR count). The lowest BCUT2D eigenvalue weighted by Crippen LogP contribution is -2.40. The van der Waals surface area contributed by atoms with Crippen LogP contribution in [0.2, 0.25) is 0 Å². The number of allylic oxidation sites excluding steroid dienone is 2. The molecule has 2 saturated heterocycles. The van der Waals surface area contributed by atoms with Gasteiger partial charge >= 0.3 is 0 Å². The van der Waals surface area contributed by atoms with E-state index in [9.17, 15) is 14.4 Å². The molecule has 2 heterocycles. The number of amides is 3. The second kappa shape index (κ2) is 9.35. The Morgan fingerprint density at radius 1 is 0.935 bits per heavy atom. The molecule has 0 unspecified atom stereocenters. The third-order valence-electron chi connectivity index (χ3n) is 6.76. The van der Waals surface area contributed by atoms with Crippen molar-refractivity contribution in [2.75, 3.05) is 19.6 Å². The molecular formula is C25H33N3O3. The lowest BCUT2D eigenvalue weighted by molar-refractivity contribution is -0.143. The quantitative estimate of drug-likeness (QED) is 0.564. The lowest BCUT2D eigenvalue weighted by Gasteiger charge is -2.35. The van der Waals surface area contributed by atoms with Crippen molar-refractivity contribution in [3.8, 4) is 0 Å². The summed E-state index contributed by atoms with van der Waals surface area (Å²) >= 11 is 0. The number of likely N-dealkylation sites (tertiary alicyclic amines) is 2. The Hall–Kier alpha value is -2.47. The van der Waals surface area contributed by atoms with Gasteiger partial charge in [-0.1, -0.05) is 50.3 Å². The van der Waals surface area contributed by atoms with E-state index >= 15 is 0 Å². The monoisotopic (exact) mass is 423 g/mol. The molecule has 0 radical (unpaired) electrons. The Bertz CT molecular complexity index is 827. The van der Waals surface area contributed by atoms with Crippen LogP contribution in [0.25, 0.3) is 0 Å². The normalized spacial score (nSPS) is 28.6. The van der Waals surface area contributed by atoms with Gasteiger partial charge in [-0.05, 0) is 42.2 Å². The molecule has 2 aliphatic heterocycles. The number of piperidine rings is 1. The Labute approximate surface area is 184 Å². The molecule has 2 fully saturated rings. The van der Waals surface area contributed by atoms with Gasteiger partial charge in [-0.15, -0.1) is 0 Å². The molecule has 3 aliphatic rings. The lowest BCUT2D eigenvalue weighted by atomic mass is 9.85. The van der Waals surface area contributed by atoms with E-state index in [-0.39, 0.29) is 36.1 Å². The largest absolute Gasteiger partial charge is 0.350 e. The standard InChI is InChI=1S/C25H33N3O3/c1-17-11-18(2)14-27(13-17)15-20-9-7-19(8-10-20)12-26-23(29)16-28-24(30)21-5-3-4-6-22(21)25(28)31/h3-4,7-10,17-18,21-22H,5-6,11-16H2,1-2H3,(H,26,29)/t17-,18+,21-,22+. The van der Waals surface area contributed by atoms with Gasteiger partial charge in [-0.3, -0.25) is 24.2 Å². The van der Waals surface area contributed by atoms with Crippen LogP contribution in [0.15, 0.2) is 36.4 Å². The van der Waals surface area contributed by atoms with Gasteiger partial charge in [-0.25, -0.2) is 0 Å². The first-order chi connectivity index (χ1) is 14.9. The first-order valence-corrected chi connectivity index (χ1v) is 11.5. The molecule has 6 nitrogen and oxygen atoms in total. The average molecular weight is 424 g/mol. The zero-order valence-electron chi connectivity index (χ0n) is 18.5. The average Bonchev–Trinajstić information content (AvgIpc) is 2.98. The van der Waals surface area contributed by atoms with Crippen LogP contribution in [0.4, 0.5) is 0 Å². The fourth-order valence-electron chi connectivity index (χ4n) is 5.37. The van der Waals surface area contributed by atoms with Crippen LogP contribution in [-0.4, -0.2) is 47.2 Å². The predicted octanol–water partition coefficient (Wildman–Crippen LogP) is 2.73. The minimum absolute atomic E-state index is 0.186. The van der Waals surface area contributed by atoms with Crippen LogP contribution >= 0.6 is 0 Å². The van der Waals surface area contributed by atoms with Crippen LogP contribution in [0.3, 0.4) is 0 Å². The third-order valence-corrected chi connectivity index (χ3v) is 6.76. The summed E-state index contributed by atoms with van der Waals surface area (Å²) in [6.07, 6.45) is 6.39. The Morgan fingerprint density at radius 2 is 1.48 bits per heavy atom. The Morgan fingerprint density at radius 3 is 2.06 bits per heavy atom. The van der Waals surface area contributed by atoms with E-state index in [2.05, 4.69) is 36.2 Å². The van der Waals surface area contributed by atoms with E-state index in [1.54, 1.807) is 0 Å². The summed E-state index contributed by atoms with van der Waals surface area (Å²) in [4.78, 5) is 41.0. The van der Waals surface area contributed by atoms with Crippen molar-refractivity contribution in [3.63, 3.8) is 0 Å². The number of carbonyl (C=O) groups excluding carboxylic acids is 3. The maximum absolute atomic E-state index is 12.5. The summed E-state index contributed by atoms with van der Waals surface area (Å²) < 4.78 is 0. The number of imide groups is 1. The van der Waals surface area contributed by atoms with Crippen molar-refractivity contribution in [2.24, 2.45) is 23.7 Å². The van der Waals surface area contributed by atoms with Gasteiger partial charge in [0.15, 0.2) is 0 Å². The van der Waals surface area contributed by atoms with Gasteiger partial charge < -0.3 is 5.32 Å². The first kappa shape index (κ1) is 21.8. The van der Waals surface area contributed by atoms with E-state index in [0.717, 1.165) is 41.9 Å². The number of hydrogen-bond donors (Lipinski definition) is 1. The van der Waals surface area contributed by atoms with E-state index in [4.69, 9.17) is 0 Å². The zero-order valence-corrected chi connectivity index (χ0v) is 18.5. The molecule has 1 N–H and O–H groups in total. The number of benzene rings is 1. The highest BCUT2D eigenvalue weighted by atomic mass is 16.2. The maximum Gasteiger partial charge on any atom is 0.240 e. The number of carbonyl (C=O) groups is 3. The second-order valence-electron chi connectivity index (χ2n) is 9.65. The molecule has 166 valence electrons. The van der Waals surface area contributed by atoms with E-state index in [1.165, 1.54) is 12.0 Å². The maximum atomic E-state index is 12.5. The Kier molecular flexibility index (Phi) is 6.56. The molecule has 0 bridgehead atoms. The van der Waals surface area contributed by atoms with Crippen LogP contribution in [0.5, 0.6) is 0 Å². The molecular weight excluding hydrogens is 390 g/mol. The van der Waals surface area contributed by atoms with Crippen molar-refractivity contribution in [1.29, 1.82) is 0 Å². The number of nitrogens with one attached hydrogen (secondary N) is 1. The summed E-state index contributed by atoms with van der Waals surface area (Å²) in [5.41, 5.74) is 2.29. The molecule has 0 aromatic heterocycles. The van der Waals surface area contributed by atoms with E-state index in [1.807, 2.05) is 24.3 Å². The molecule has 0 saturated carbocycles. The molecule has 4 atom stereocenters. The topological polar surface area (TPSA) is 69.7 Å². The molecule has 1 aliphatic carbocycles. The molecule has 31 heavy (non-hydrogen) atoms. The van der Waals surface area contributed by atoms with E-state index in [0.29, 0.717) is 19.4 Å². The Balaban J connectivity index is 1.25. The fourth-order valence-corrected chi connectivity index (χ4v) is 5.37. The van der Waals surface area contributed by atoms with Gasteiger partial charge in [0.2, 0.25) is 17.7 Å². The second-order valence-corrected chi connectivity index (χ2v) is 9.65. The predicted molar refractivity (Wildman–Crippen MR) is 119 cm³/mol. The van der Waals surface area contributed by atoms with Crippen molar-refractivity contribution in [2.45, 2.75) is 46.2 Å². The van der Waals surface area contributed by atoms with Gasteiger partial charge in [0.1, 0.15) is 6.54 Å². The highest BCUT2D eigenvalue weighted by Crippen LogP contribution is 2.34. The molecule has 6 heteroatoms. The van der Waals surface area contributed by atoms with Gasteiger partial charge in [-0.2, -0.15) is 0 Å². The number of nitrogens with zero attached hydrogens (tertiary/aromatic N) is 2. The van der Waals surface area contributed by atoms with Gasteiger partial charge in [0, 0.05) is 26.2 Å². The zero-order chi connectivity index (χ0) is 22.0.